The van der Waals surface area contributed by atoms with Crippen LogP contribution in [0.3, 0.4) is 0 Å². The van der Waals surface area contributed by atoms with Gasteiger partial charge < -0.3 is 16.0 Å². The number of guanidine groups is 1. The van der Waals surface area contributed by atoms with Gasteiger partial charge in [0, 0.05) is 32.2 Å². The van der Waals surface area contributed by atoms with Gasteiger partial charge >= 0.3 is 0 Å². The molecule has 0 bridgehead atoms. The van der Waals surface area contributed by atoms with Crippen LogP contribution in [0.5, 0.6) is 0 Å². The van der Waals surface area contributed by atoms with Gasteiger partial charge in [-0.25, -0.2) is 0 Å². The zero-order chi connectivity index (χ0) is 16.3. The number of aliphatic imine (C=N–C) groups is 1. The fraction of sp³-hybridized carbons (Fsp3) is 0.294. The molecule has 1 aromatic heterocycles. The summed E-state index contributed by atoms with van der Waals surface area (Å²) in [6.45, 7) is 2.13. The lowest BCUT2D eigenvalue weighted by Gasteiger charge is -2.11. The van der Waals surface area contributed by atoms with Gasteiger partial charge in [-0.15, -0.1) is 24.0 Å². The second-order valence-corrected chi connectivity index (χ2v) is 5.74. The van der Waals surface area contributed by atoms with Crippen molar-refractivity contribution < 1.29 is 4.79 Å². The normalized spacial score (nSPS) is 10.6. The summed E-state index contributed by atoms with van der Waals surface area (Å²) in [5.74, 6) is 0.733. The van der Waals surface area contributed by atoms with E-state index < -0.39 is 0 Å². The highest BCUT2D eigenvalue weighted by Gasteiger charge is 2.03. The quantitative estimate of drug-likeness (QED) is 0.259. The smallest absolute Gasteiger partial charge is 0.251 e. The molecule has 0 spiro atoms. The molecule has 3 N–H and O–H groups in total. The summed E-state index contributed by atoms with van der Waals surface area (Å²) in [6, 6.07) is 11.3. The van der Waals surface area contributed by atoms with Gasteiger partial charge in [-0.05, 0) is 40.9 Å². The van der Waals surface area contributed by atoms with Crippen LogP contribution < -0.4 is 16.0 Å². The maximum Gasteiger partial charge on any atom is 0.251 e. The van der Waals surface area contributed by atoms with E-state index in [1.165, 1.54) is 5.56 Å². The summed E-state index contributed by atoms with van der Waals surface area (Å²) in [5.41, 5.74) is 1.93. The Labute approximate surface area is 164 Å². The van der Waals surface area contributed by atoms with Crippen molar-refractivity contribution in [2.24, 2.45) is 4.99 Å². The molecular formula is C17H23IN4OS. The van der Waals surface area contributed by atoms with Crippen molar-refractivity contribution in [1.82, 2.24) is 16.0 Å². The molecule has 24 heavy (non-hydrogen) atoms. The summed E-state index contributed by atoms with van der Waals surface area (Å²) in [6.07, 6.45) is 0.831. The number of thiophene rings is 1. The number of amides is 1. The largest absolute Gasteiger partial charge is 0.356 e. The lowest BCUT2D eigenvalue weighted by molar-refractivity contribution is 0.0953. The van der Waals surface area contributed by atoms with Crippen LogP contribution in [0, 0.1) is 0 Å². The molecule has 130 valence electrons. The molecule has 0 fully saturated rings. The Morgan fingerprint density at radius 2 is 1.83 bits per heavy atom. The van der Waals surface area contributed by atoms with Gasteiger partial charge in [0.2, 0.25) is 0 Å². The van der Waals surface area contributed by atoms with E-state index in [0.29, 0.717) is 12.1 Å². The molecule has 5 nitrogen and oxygen atoms in total. The van der Waals surface area contributed by atoms with Gasteiger partial charge in [0.25, 0.3) is 5.91 Å². The Morgan fingerprint density at radius 3 is 2.50 bits per heavy atom. The van der Waals surface area contributed by atoms with Crippen molar-refractivity contribution >= 4 is 47.2 Å². The third-order valence-corrected chi connectivity index (χ3v) is 3.96. The first-order valence-electron chi connectivity index (χ1n) is 7.58. The predicted molar refractivity (Wildman–Crippen MR) is 111 cm³/mol. The van der Waals surface area contributed by atoms with Crippen LogP contribution in [0.25, 0.3) is 0 Å². The lowest BCUT2D eigenvalue weighted by Crippen LogP contribution is -2.38. The summed E-state index contributed by atoms with van der Waals surface area (Å²) < 4.78 is 0. The van der Waals surface area contributed by atoms with E-state index in [2.05, 4.69) is 37.8 Å². The Balaban J connectivity index is 0.00000288. The van der Waals surface area contributed by atoms with E-state index >= 15 is 0 Å². The Hall–Kier alpha value is -1.61. The molecule has 0 unspecified atom stereocenters. The van der Waals surface area contributed by atoms with Crippen molar-refractivity contribution in [1.29, 1.82) is 0 Å². The van der Waals surface area contributed by atoms with Crippen LogP contribution >= 0.6 is 35.3 Å². The summed E-state index contributed by atoms with van der Waals surface area (Å²) in [7, 11) is 1.75. The van der Waals surface area contributed by atoms with Gasteiger partial charge in [0.15, 0.2) is 5.96 Å². The van der Waals surface area contributed by atoms with Crippen LogP contribution in [0.2, 0.25) is 0 Å². The number of carbonyl (C=O) groups excluding carboxylic acids is 1. The third kappa shape index (κ3) is 7.31. The summed E-state index contributed by atoms with van der Waals surface area (Å²) in [5, 5.41) is 13.6. The van der Waals surface area contributed by atoms with Gasteiger partial charge in [-0.1, -0.05) is 18.2 Å². The first kappa shape index (κ1) is 20.4. The van der Waals surface area contributed by atoms with Gasteiger partial charge in [-0.2, -0.15) is 11.3 Å². The molecule has 0 saturated carbocycles. The zero-order valence-electron chi connectivity index (χ0n) is 13.6. The van der Waals surface area contributed by atoms with Crippen molar-refractivity contribution in [2.75, 3.05) is 20.1 Å². The second kappa shape index (κ2) is 11.9. The standard InChI is InChI=1S/C17H22N4OS.HI/c1-18-17(21-12-14-8-11-23-13-14)20-10-5-9-19-16(22)15-6-3-2-4-7-15;/h2-4,6-8,11,13H,5,9-10,12H2,1H3,(H,19,22)(H2,18,20,21);1H. The molecule has 0 aliphatic rings. The van der Waals surface area contributed by atoms with E-state index in [1.54, 1.807) is 18.4 Å². The molecule has 0 radical (unpaired) electrons. The van der Waals surface area contributed by atoms with Crippen molar-refractivity contribution in [3.63, 3.8) is 0 Å². The molecule has 0 aliphatic carbocycles. The van der Waals surface area contributed by atoms with E-state index in [4.69, 9.17) is 0 Å². The van der Waals surface area contributed by atoms with Crippen LogP contribution in [0.1, 0.15) is 22.3 Å². The monoisotopic (exact) mass is 458 g/mol. The maximum atomic E-state index is 11.9. The number of hydrogen-bond acceptors (Lipinski definition) is 3. The fourth-order valence-electron chi connectivity index (χ4n) is 1.99. The highest BCUT2D eigenvalue weighted by molar-refractivity contribution is 14.0. The minimum atomic E-state index is -0.0365. The average molecular weight is 458 g/mol. The molecular weight excluding hydrogens is 435 g/mol. The number of benzene rings is 1. The molecule has 7 heteroatoms. The minimum absolute atomic E-state index is 0. The van der Waals surface area contributed by atoms with E-state index in [9.17, 15) is 4.79 Å². The van der Waals surface area contributed by atoms with Crippen LogP contribution in [0.15, 0.2) is 52.2 Å². The highest BCUT2D eigenvalue weighted by atomic mass is 127. The van der Waals surface area contributed by atoms with E-state index in [-0.39, 0.29) is 29.9 Å². The highest BCUT2D eigenvalue weighted by Crippen LogP contribution is 2.04. The first-order valence-corrected chi connectivity index (χ1v) is 8.52. The average Bonchev–Trinajstić information content (AvgIpc) is 3.11. The number of nitrogens with zero attached hydrogens (tertiary/aromatic N) is 1. The molecule has 0 saturated heterocycles. The molecule has 1 heterocycles. The molecule has 1 amide bonds. The molecule has 2 rings (SSSR count). The van der Waals surface area contributed by atoms with Crippen LogP contribution in [0.4, 0.5) is 0 Å². The lowest BCUT2D eigenvalue weighted by atomic mass is 10.2. The molecule has 1 aromatic carbocycles. The summed E-state index contributed by atoms with van der Waals surface area (Å²) in [4.78, 5) is 16.0. The number of hydrogen-bond donors (Lipinski definition) is 3. The Bertz CT molecular complexity index is 617. The molecule has 0 aliphatic heterocycles. The third-order valence-electron chi connectivity index (χ3n) is 3.23. The maximum absolute atomic E-state index is 11.9. The second-order valence-electron chi connectivity index (χ2n) is 4.96. The van der Waals surface area contributed by atoms with Crippen molar-refractivity contribution in [3.8, 4) is 0 Å². The van der Waals surface area contributed by atoms with Crippen molar-refractivity contribution in [2.45, 2.75) is 13.0 Å². The number of carbonyl (C=O) groups is 1. The molecule has 0 atom stereocenters. The Kier molecular flexibility index (Phi) is 10.1. The predicted octanol–water partition coefficient (Wildman–Crippen LogP) is 2.85. The zero-order valence-corrected chi connectivity index (χ0v) is 16.8. The first-order chi connectivity index (χ1) is 11.3. The number of halogens is 1. The summed E-state index contributed by atoms with van der Waals surface area (Å²) >= 11 is 1.68. The fourth-order valence-corrected chi connectivity index (χ4v) is 2.66. The van der Waals surface area contributed by atoms with Gasteiger partial charge in [0.05, 0.1) is 0 Å². The van der Waals surface area contributed by atoms with Crippen LogP contribution in [-0.4, -0.2) is 32.0 Å². The van der Waals surface area contributed by atoms with Crippen molar-refractivity contribution in [3.05, 3.63) is 58.3 Å². The number of nitrogens with one attached hydrogen (secondary N) is 3. The minimum Gasteiger partial charge on any atom is -0.356 e. The van der Waals surface area contributed by atoms with E-state index in [0.717, 1.165) is 25.5 Å². The Morgan fingerprint density at radius 1 is 1.08 bits per heavy atom. The van der Waals surface area contributed by atoms with E-state index in [1.807, 2.05) is 30.3 Å². The van der Waals surface area contributed by atoms with Gasteiger partial charge in [0.1, 0.15) is 0 Å². The topological polar surface area (TPSA) is 65.5 Å². The molecule has 2 aromatic rings. The number of rotatable bonds is 7. The van der Waals surface area contributed by atoms with Gasteiger partial charge in [-0.3, -0.25) is 9.79 Å². The van der Waals surface area contributed by atoms with Crippen LogP contribution in [-0.2, 0) is 6.54 Å². The SMILES string of the molecule is CN=C(NCCCNC(=O)c1ccccc1)NCc1ccsc1.I.